The van der Waals surface area contributed by atoms with E-state index in [-0.39, 0.29) is 11.7 Å². The second-order valence-electron chi connectivity index (χ2n) is 5.49. The first-order chi connectivity index (χ1) is 12.0. The average molecular weight is 365 g/mol. The van der Waals surface area contributed by atoms with Gasteiger partial charge >= 0.3 is 0 Å². The maximum Gasteiger partial charge on any atom is 0.235 e. The molecule has 0 atom stereocenters. The van der Waals surface area contributed by atoms with Gasteiger partial charge in [-0.15, -0.1) is 0 Å². The van der Waals surface area contributed by atoms with Gasteiger partial charge in [0.2, 0.25) is 20.9 Å². The standard InChI is InChI=1S/C17H23N3O4S/c1-2-3-12-24-13-10-18-16(21)14-25(22,23)17-19-9-11-20(17)15-7-5-4-6-8-15/h4-9,11H,2-3,10,12-14H2,1H3,(H,18,21). The second-order valence-corrected chi connectivity index (χ2v) is 7.37. The van der Waals surface area contributed by atoms with Crippen LogP contribution < -0.4 is 5.32 Å². The van der Waals surface area contributed by atoms with Crippen LogP contribution in [0.2, 0.25) is 0 Å². The van der Waals surface area contributed by atoms with Crippen LogP contribution in [0, 0.1) is 0 Å². The molecule has 0 saturated carbocycles. The summed E-state index contributed by atoms with van der Waals surface area (Å²) in [5.74, 6) is -1.21. The fraction of sp³-hybridized carbons (Fsp3) is 0.412. The molecule has 0 aliphatic rings. The lowest BCUT2D eigenvalue weighted by Gasteiger charge is -2.09. The highest BCUT2D eigenvalue weighted by Gasteiger charge is 2.24. The highest BCUT2D eigenvalue weighted by atomic mass is 32.2. The summed E-state index contributed by atoms with van der Waals surface area (Å²) in [5, 5.41) is 2.41. The SMILES string of the molecule is CCCCOCCNC(=O)CS(=O)(=O)c1nccn1-c1ccccc1. The summed E-state index contributed by atoms with van der Waals surface area (Å²) >= 11 is 0. The second kappa shape index (κ2) is 9.33. The Morgan fingerprint density at radius 2 is 2.00 bits per heavy atom. The van der Waals surface area contributed by atoms with E-state index in [1.54, 1.807) is 30.5 Å². The van der Waals surface area contributed by atoms with E-state index < -0.39 is 21.5 Å². The predicted molar refractivity (Wildman–Crippen MR) is 94.4 cm³/mol. The summed E-state index contributed by atoms with van der Waals surface area (Å²) < 4.78 is 31.8. The summed E-state index contributed by atoms with van der Waals surface area (Å²) in [4.78, 5) is 15.8. The number of imidazole rings is 1. The van der Waals surface area contributed by atoms with E-state index in [4.69, 9.17) is 4.74 Å². The van der Waals surface area contributed by atoms with Gasteiger partial charge in [0.05, 0.1) is 6.61 Å². The number of benzene rings is 1. The fourth-order valence-corrected chi connectivity index (χ4v) is 3.47. The molecule has 1 aromatic heterocycles. The van der Waals surface area contributed by atoms with Crippen molar-refractivity contribution in [3.8, 4) is 5.69 Å². The quantitative estimate of drug-likeness (QED) is 0.646. The molecule has 0 radical (unpaired) electrons. The Balaban J connectivity index is 1.94. The molecule has 2 aromatic rings. The first-order valence-electron chi connectivity index (χ1n) is 8.20. The van der Waals surface area contributed by atoms with Gasteiger partial charge in [0.25, 0.3) is 0 Å². The van der Waals surface area contributed by atoms with Crippen molar-refractivity contribution in [2.24, 2.45) is 0 Å². The number of sulfone groups is 1. The van der Waals surface area contributed by atoms with Crippen LogP contribution >= 0.6 is 0 Å². The van der Waals surface area contributed by atoms with Crippen LogP contribution in [-0.2, 0) is 19.4 Å². The van der Waals surface area contributed by atoms with Gasteiger partial charge in [-0.05, 0) is 18.6 Å². The number of rotatable bonds is 10. The van der Waals surface area contributed by atoms with Crippen molar-refractivity contribution in [3.05, 3.63) is 42.7 Å². The number of nitrogens with one attached hydrogen (secondary N) is 1. The monoisotopic (exact) mass is 365 g/mol. The molecule has 25 heavy (non-hydrogen) atoms. The number of nitrogens with zero attached hydrogens (tertiary/aromatic N) is 2. The number of aromatic nitrogens is 2. The lowest BCUT2D eigenvalue weighted by atomic mass is 10.3. The summed E-state index contributed by atoms with van der Waals surface area (Å²) in [6, 6.07) is 8.99. The van der Waals surface area contributed by atoms with Gasteiger partial charge in [-0.1, -0.05) is 31.5 Å². The molecule has 8 heteroatoms. The number of hydrogen-bond donors (Lipinski definition) is 1. The van der Waals surface area contributed by atoms with Gasteiger partial charge in [-0.3, -0.25) is 9.36 Å². The molecule has 0 spiro atoms. The maximum absolute atomic E-state index is 12.5. The Morgan fingerprint density at radius 1 is 1.24 bits per heavy atom. The molecule has 1 amide bonds. The number of amides is 1. The largest absolute Gasteiger partial charge is 0.380 e. The van der Waals surface area contributed by atoms with Crippen molar-refractivity contribution in [2.45, 2.75) is 24.9 Å². The molecular formula is C17H23N3O4S. The maximum atomic E-state index is 12.5. The molecule has 0 aliphatic heterocycles. The molecule has 1 aromatic carbocycles. The zero-order chi connectivity index (χ0) is 18.1. The van der Waals surface area contributed by atoms with Gasteiger partial charge in [0.15, 0.2) is 0 Å². The minimum absolute atomic E-state index is 0.145. The summed E-state index contributed by atoms with van der Waals surface area (Å²) in [6.07, 6.45) is 4.96. The number of para-hydroxylation sites is 1. The van der Waals surface area contributed by atoms with Crippen molar-refractivity contribution < 1.29 is 17.9 Å². The Labute approximate surface area is 147 Å². The Bertz CT molecular complexity index is 772. The molecule has 1 heterocycles. The minimum Gasteiger partial charge on any atom is -0.380 e. The van der Waals surface area contributed by atoms with Gasteiger partial charge in [0.1, 0.15) is 5.75 Å². The molecule has 0 aliphatic carbocycles. The fourth-order valence-electron chi connectivity index (χ4n) is 2.20. The number of carbonyl (C=O) groups is 1. The molecule has 2 rings (SSSR count). The summed E-state index contributed by atoms with van der Waals surface area (Å²) in [7, 11) is -3.85. The number of hydrogen-bond acceptors (Lipinski definition) is 5. The van der Waals surface area contributed by atoms with Crippen LogP contribution in [-0.4, -0.2) is 49.4 Å². The summed E-state index contributed by atoms with van der Waals surface area (Å²) in [5.41, 5.74) is 0.670. The minimum atomic E-state index is -3.85. The molecule has 0 bridgehead atoms. The van der Waals surface area contributed by atoms with Crippen molar-refractivity contribution in [2.75, 3.05) is 25.5 Å². The Kier molecular flexibility index (Phi) is 7.15. The number of ether oxygens (including phenoxy) is 1. The van der Waals surface area contributed by atoms with Crippen LogP contribution in [0.1, 0.15) is 19.8 Å². The lowest BCUT2D eigenvalue weighted by Crippen LogP contribution is -2.33. The molecule has 1 N–H and O–H groups in total. The molecule has 0 fully saturated rings. The highest BCUT2D eigenvalue weighted by molar-refractivity contribution is 7.92. The first kappa shape index (κ1) is 19.1. The number of carbonyl (C=O) groups excluding carboxylic acids is 1. The van der Waals surface area contributed by atoms with E-state index in [0.29, 0.717) is 18.9 Å². The van der Waals surface area contributed by atoms with E-state index in [9.17, 15) is 13.2 Å². The lowest BCUT2D eigenvalue weighted by molar-refractivity contribution is -0.118. The third kappa shape index (κ3) is 5.68. The van der Waals surface area contributed by atoms with Crippen LogP contribution in [0.3, 0.4) is 0 Å². The van der Waals surface area contributed by atoms with E-state index >= 15 is 0 Å². The van der Waals surface area contributed by atoms with Gasteiger partial charge < -0.3 is 10.1 Å². The molecular weight excluding hydrogens is 342 g/mol. The van der Waals surface area contributed by atoms with Crippen LogP contribution in [0.25, 0.3) is 5.69 Å². The molecule has 0 saturated heterocycles. The van der Waals surface area contributed by atoms with Crippen LogP contribution in [0.5, 0.6) is 0 Å². The zero-order valence-electron chi connectivity index (χ0n) is 14.2. The number of unbranched alkanes of at least 4 members (excludes halogenated alkanes) is 1. The van der Waals surface area contributed by atoms with Crippen LogP contribution in [0.4, 0.5) is 0 Å². The van der Waals surface area contributed by atoms with Crippen molar-refractivity contribution in [1.29, 1.82) is 0 Å². The van der Waals surface area contributed by atoms with Crippen molar-refractivity contribution in [1.82, 2.24) is 14.9 Å². The molecule has 7 nitrogen and oxygen atoms in total. The van der Waals surface area contributed by atoms with E-state index in [0.717, 1.165) is 12.8 Å². The van der Waals surface area contributed by atoms with Crippen molar-refractivity contribution in [3.63, 3.8) is 0 Å². The molecule has 0 unspecified atom stereocenters. The Morgan fingerprint density at radius 3 is 2.72 bits per heavy atom. The first-order valence-corrected chi connectivity index (χ1v) is 9.86. The van der Waals surface area contributed by atoms with E-state index in [1.165, 1.54) is 10.8 Å². The Hall–Kier alpha value is -2.19. The summed E-state index contributed by atoms with van der Waals surface area (Å²) in [6.45, 7) is 3.35. The van der Waals surface area contributed by atoms with Crippen molar-refractivity contribution >= 4 is 15.7 Å². The zero-order valence-corrected chi connectivity index (χ0v) is 15.0. The topological polar surface area (TPSA) is 90.3 Å². The smallest absolute Gasteiger partial charge is 0.235 e. The third-order valence-corrected chi connectivity index (χ3v) is 4.95. The van der Waals surface area contributed by atoms with Gasteiger partial charge in [0, 0.05) is 31.2 Å². The van der Waals surface area contributed by atoms with Crippen LogP contribution in [0.15, 0.2) is 47.9 Å². The highest BCUT2D eigenvalue weighted by Crippen LogP contribution is 2.15. The van der Waals surface area contributed by atoms with E-state index in [2.05, 4.69) is 17.2 Å². The van der Waals surface area contributed by atoms with Gasteiger partial charge in [-0.2, -0.15) is 0 Å². The van der Waals surface area contributed by atoms with E-state index in [1.807, 2.05) is 6.07 Å². The molecule has 136 valence electrons. The average Bonchev–Trinajstić information content (AvgIpc) is 3.09. The third-order valence-electron chi connectivity index (χ3n) is 3.45. The predicted octanol–water partition coefficient (Wildman–Crippen LogP) is 1.58. The van der Waals surface area contributed by atoms with Gasteiger partial charge in [-0.25, -0.2) is 13.4 Å². The normalized spacial score (nSPS) is 11.4.